The van der Waals surface area contributed by atoms with Crippen LogP contribution in [-0.2, 0) is 0 Å². The summed E-state index contributed by atoms with van der Waals surface area (Å²) in [5, 5.41) is 0. The minimum atomic E-state index is 0. The Bertz CT molecular complexity index is 109. The van der Waals surface area contributed by atoms with Crippen molar-refractivity contribution in [2.45, 2.75) is 96.8 Å². The summed E-state index contributed by atoms with van der Waals surface area (Å²) in [6.07, 6.45) is 20.1. The average molecular weight is 271 g/mol. The first kappa shape index (κ1) is 20.7. The zero-order valence-corrected chi connectivity index (χ0v) is 13.4. The van der Waals surface area contributed by atoms with Gasteiger partial charge in [0.1, 0.15) is 0 Å². The fourth-order valence-electron chi connectivity index (χ4n) is 2.31. The van der Waals surface area contributed by atoms with E-state index in [1.165, 1.54) is 89.9 Å². The first-order valence-electron chi connectivity index (χ1n) is 8.02. The van der Waals surface area contributed by atoms with Gasteiger partial charge in [0.05, 0.1) is 0 Å². The van der Waals surface area contributed by atoms with Crippen LogP contribution >= 0.6 is 12.6 Å². The van der Waals surface area contributed by atoms with E-state index in [4.69, 9.17) is 0 Å². The maximum atomic E-state index is 4.23. The summed E-state index contributed by atoms with van der Waals surface area (Å²) >= 11 is 4.23. The molecule has 0 heterocycles. The minimum Gasteiger partial charge on any atom is -0.179 e. The molecule has 0 fully saturated rings. The molecule has 0 aromatic rings. The zero-order chi connectivity index (χ0) is 12.6. The molecule has 0 nitrogen and oxygen atoms in total. The Labute approximate surface area is 123 Å². The van der Waals surface area contributed by atoms with Crippen molar-refractivity contribution in [3.05, 3.63) is 7.43 Å². The quantitative estimate of drug-likeness (QED) is 0.271. The Morgan fingerprint density at radius 2 is 0.778 bits per heavy atom. The predicted octanol–water partition coefficient (Wildman–Crippen LogP) is 6.48. The van der Waals surface area contributed by atoms with Crippen LogP contribution in [0.15, 0.2) is 0 Å². The van der Waals surface area contributed by atoms with Crippen LogP contribution in [-0.4, -0.2) is 5.75 Å². The molecule has 0 aliphatic rings. The molecule has 0 N–H and O–H groups in total. The van der Waals surface area contributed by atoms with Crippen molar-refractivity contribution < 1.29 is 0 Å². The number of unbranched alkanes of at least 4 members (excludes halogenated alkanes) is 13. The van der Waals surface area contributed by atoms with Gasteiger partial charge in [0.25, 0.3) is 0 Å². The number of thiol groups is 1. The third kappa shape index (κ3) is 18.7. The molecule has 0 saturated carbocycles. The molecule has 0 aliphatic carbocycles. The lowest BCUT2D eigenvalue weighted by molar-refractivity contribution is 0.538. The van der Waals surface area contributed by atoms with Crippen LogP contribution in [0.25, 0.3) is 0 Å². The van der Waals surface area contributed by atoms with Gasteiger partial charge in [0, 0.05) is 7.43 Å². The first-order valence-corrected chi connectivity index (χ1v) is 8.66. The van der Waals surface area contributed by atoms with Gasteiger partial charge in [-0.1, -0.05) is 90.4 Å². The molecule has 18 heavy (non-hydrogen) atoms. The monoisotopic (exact) mass is 270 g/mol. The second-order valence-electron chi connectivity index (χ2n) is 5.32. The van der Waals surface area contributed by atoms with Gasteiger partial charge < -0.3 is 0 Å². The van der Waals surface area contributed by atoms with Gasteiger partial charge in [-0.15, -0.1) is 0 Å². The molecule has 0 saturated heterocycles. The third-order valence-electron chi connectivity index (χ3n) is 3.51. The molecule has 0 bridgehead atoms. The lowest BCUT2D eigenvalue weighted by Gasteiger charge is -2.02. The topological polar surface area (TPSA) is 0 Å². The molecular formula is C17H34S. The van der Waals surface area contributed by atoms with Gasteiger partial charge in [-0.3, -0.25) is 0 Å². The van der Waals surface area contributed by atoms with Crippen molar-refractivity contribution in [1.29, 1.82) is 0 Å². The molecule has 0 aromatic carbocycles. The first-order chi connectivity index (χ1) is 8.41. The van der Waals surface area contributed by atoms with Gasteiger partial charge in [0.2, 0.25) is 0 Å². The molecule has 0 rings (SSSR count). The second kappa shape index (κ2) is 19.7. The van der Waals surface area contributed by atoms with Crippen LogP contribution in [0.5, 0.6) is 0 Å². The van der Waals surface area contributed by atoms with Crippen LogP contribution < -0.4 is 0 Å². The van der Waals surface area contributed by atoms with E-state index in [9.17, 15) is 0 Å². The minimum absolute atomic E-state index is 0. The molecule has 1 heteroatoms. The highest BCUT2D eigenvalue weighted by Gasteiger charge is 1.93. The molecule has 4 radical (unpaired) electrons. The van der Waals surface area contributed by atoms with E-state index >= 15 is 0 Å². The maximum absolute atomic E-state index is 4.23. The number of hydrogen-bond donors (Lipinski definition) is 1. The summed E-state index contributed by atoms with van der Waals surface area (Å²) in [5.74, 6) is 1.07. The summed E-state index contributed by atoms with van der Waals surface area (Å²) < 4.78 is 0. The number of rotatable bonds is 14. The van der Waals surface area contributed by atoms with Crippen LogP contribution in [0, 0.1) is 7.43 Å². The van der Waals surface area contributed by atoms with Gasteiger partial charge in [0.15, 0.2) is 0 Å². The molecule has 108 valence electrons. The Morgan fingerprint density at radius 1 is 0.500 bits per heavy atom. The smallest absolute Gasteiger partial charge is 0 e. The van der Waals surface area contributed by atoms with Crippen molar-refractivity contribution in [3.63, 3.8) is 0 Å². The van der Waals surface area contributed by atoms with E-state index in [0.717, 1.165) is 5.75 Å². The van der Waals surface area contributed by atoms with E-state index in [1.807, 2.05) is 0 Å². The van der Waals surface area contributed by atoms with Crippen molar-refractivity contribution in [2.24, 2.45) is 0 Å². The molecular weight excluding hydrogens is 236 g/mol. The van der Waals surface area contributed by atoms with Gasteiger partial charge in [-0.2, -0.15) is 12.6 Å². The fraction of sp³-hybridized carbons (Fsp3) is 0.941. The SMILES string of the molecule is CCCCCCCCCCCCCCCCS.[C]. The lowest BCUT2D eigenvalue weighted by Crippen LogP contribution is -1.83. The van der Waals surface area contributed by atoms with Crippen LogP contribution in [0.4, 0.5) is 0 Å². The van der Waals surface area contributed by atoms with E-state index in [2.05, 4.69) is 19.6 Å². The summed E-state index contributed by atoms with van der Waals surface area (Å²) in [6, 6.07) is 0. The molecule has 0 aromatic heterocycles. The van der Waals surface area contributed by atoms with Crippen LogP contribution in [0.2, 0.25) is 0 Å². The Balaban J connectivity index is 0. The van der Waals surface area contributed by atoms with E-state index in [-0.39, 0.29) is 7.43 Å². The predicted molar refractivity (Wildman–Crippen MR) is 87.4 cm³/mol. The molecule has 0 spiro atoms. The average Bonchev–Trinajstić information content (AvgIpc) is 2.35. The zero-order valence-electron chi connectivity index (χ0n) is 12.6. The summed E-state index contributed by atoms with van der Waals surface area (Å²) in [6.45, 7) is 2.29. The van der Waals surface area contributed by atoms with Crippen molar-refractivity contribution in [1.82, 2.24) is 0 Å². The fourth-order valence-corrected chi connectivity index (χ4v) is 2.53. The number of hydrogen-bond acceptors (Lipinski definition) is 1. The highest BCUT2D eigenvalue weighted by atomic mass is 32.1. The van der Waals surface area contributed by atoms with E-state index in [0.29, 0.717) is 0 Å². The Morgan fingerprint density at radius 3 is 1.06 bits per heavy atom. The van der Waals surface area contributed by atoms with E-state index in [1.54, 1.807) is 0 Å². The summed E-state index contributed by atoms with van der Waals surface area (Å²) in [7, 11) is 0. The molecule has 0 amide bonds. The van der Waals surface area contributed by atoms with Gasteiger partial charge >= 0.3 is 0 Å². The Kier molecular flexibility index (Phi) is 22.6. The maximum Gasteiger partial charge on any atom is 0 e. The lowest BCUT2D eigenvalue weighted by atomic mass is 10.0. The van der Waals surface area contributed by atoms with Crippen molar-refractivity contribution >= 4 is 12.6 Å². The van der Waals surface area contributed by atoms with Crippen LogP contribution in [0.1, 0.15) is 96.8 Å². The molecule has 0 unspecified atom stereocenters. The Hall–Kier alpha value is 0.350. The van der Waals surface area contributed by atoms with E-state index < -0.39 is 0 Å². The largest absolute Gasteiger partial charge is 0.179 e. The highest BCUT2D eigenvalue weighted by Crippen LogP contribution is 2.12. The van der Waals surface area contributed by atoms with Crippen molar-refractivity contribution in [3.8, 4) is 0 Å². The second-order valence-corrected chi connectivity index (χ2v) is 5.77. The van der Waals surface area contributed by atoms with Gasteiger partial charge in [-0.05, 0) is 12.2 Å². The molecule has 0 atom stereocenters. The van der Waals surface area contributed by atoms with Crippen LogP contribution in [0.3, 0.4) is 0 Å². The normalized spacial score (nSPS) is 10.3. The van der Waals surface area contributed by atoms with Crippen molar-refractivity contribution in [2.75, 3.05) is 5.75 Å². The summed E-state index contributed by atoms with van der Waals surface area (Å²) in [4.78, 5) is 0. The molecule has 0 aliphatic heterocycles. The highest BCUT2D eigenvalue weighted by molar-refractivity contribution is 7.80. The summed E-state index contributed by atoms with van der Waals surface area (Å²) in [5.41, 5.74) is 0. The van der Waals surface area contributed by atoms with Gasteiger partial charge in [-0.25, -0.2) is 0 Å². The standard InChI is InChI=1S/C16H34S.C/c1-2-3-4-5-6-7-8-9-10-11-12-13-14-15-16-17;/h17H,2-16H2,1H3;. The third-order valence-corrected chi connectivity index (χ3v) is 3.83.